The fourth-order valence-corrected chi connectivity index (χ4v) is 1.88. The smallest absolute Gasteiger partial charge is 0.410 e. The molecule has 1 atom stereocenters. The summed E-state index contributed by atoms with van der Waals surface area (Å²) in [4.78, 5) is 23.6. The molecule has 0 aliphatic carbocycles. The lowest BCUT2D eigenvalue weighted by atomic mass is 9.96. The Morgan fingerprint density at radius 3 is 2.74 bits per heavy atom. The van der Waals surface area contributed by atoms with Gasteiger partial charge in [0.1, 0.15) is 0 Å². The molecular weight excluding hydrogens is 262 g/mol. The summed E-state index contributed by atoms with van der Waals surface area (Å²) in [6.07, 6.45) is -2.81. The quantitative estimate of drug-likeness (QED) is 0.732. The lowest BCUT2D eigenvalue weighted by molar-refractivity contribution is -0.163. The predicted octanol–water partition coefficient (Wildman–Crippen LogP) is 0.917. The van der Waals surface area contributed by atoms with Crippen molar-refractivity contribution < 1.29 is 28.2 Å². The SMILES string of the molecule is CCCCOC(=O)N1CCNCC1(C(=O)O)C(F)F. The first-order chi connectivity index (χ1) is 8.96. The molecule has 110 valence electrons. The number of nitrogens with zero attached hydrogens (tertiary/aromatic N) is 1. The van der Waals surface area contributed by atoms with Crippen LogP contribution in [0.5, 0.6) is 0 Å². The van der Waals surface area contributed by atoms with Gasteiger partial charge in [0.15, 0.2) is 0 Å². The van der Waals surface area contributed by atoms with Crippen molar-refractivity contribution in [3.63, 3.8) is 0 Å². The van der Waals surface area contributed by atoms with Gasteiger partial charge >= 0.3 is 12.1 Å². The number of hydrogen-bond donors (Lipinski definition) is 2. The molecule has 1 fully saturated rings. The number of amides is 1. The minimum atomic E-state index is -3.20. The largest absolute Gasteiger partial charge is 0.479 e. The minimum absolute atomic E-state index is 0.0954. The molecule has 0 aromatic heterocycles. The highest BCUT2D eigenvalue weighted by Crippen LogP contribution is 2.27. The van der Waals surface area contributed by atoms with Crippen LogP contribution in [0.1, 0.15) is 19.8 Å². The molecule has 1 aliphatic rings. The van der Waals surface area contributed by atoms with Crippen molar-refractivity contribution >= 4 is 12.1 Å². The van der Waals surface area contributed by atoms with Crippen LogP contribution in [0.3, 0.4) is 0 Å². The number of carboxylic acid groups (broad SMARTS) is 1. The van der Waals surface area contributed by atoms with Gasteiger partial charge in [-0.1, -0.05) is 13.3 Å². The van der Waals surface area contributed by atoms with E-state index in [2.05, 4.69) is 5.32 Å². The van der Waals surface area contributed by atoms with E-state index >= 15 is 0 Å². The molecule has 1 saturated heterocycles. The zero-order valence-corrected chi connectivity index (χ0v) is 10.7. The molecule has 0 aromatic rings. The lowest BCUT2D eigenvalue weighted by Crippen LogP contribution is -2.70. The maximum absolute atomic E-state index is 13.2. The highest BCUT2D eigenvalue weighted by Gasteiger charge is 2.56. The Morgan fingerprint density at radius 2 is 2.21 bits per heavy atom. The van der Waals surface area contributed by atoms with E-state index in [4.69, 9.17) is 9.84 Å². The molecule has 1 heterocycles. The van der Waals surface area contributed by atoms with Crippen molar-refractivity contribution in [1.82, 2.24) is 10.2 Å². The van der Waals surface area contributed by atoms with E-state index in [0.29, 0.717) is 11.3 Å². The Bertz CT molecular complexity index is 341. The van der Waals surface area contributed by atoms with Crippen molar-refractivity contribution in [2.75, 3.05) is 26.2 Å². The molecule has 19 heavy (non-hydrogen) atoms. The number of halogens is 2. The van der Waals surface area contributed by atoms with Gasteiger partial charge in [-0.3, -0.25) is 4.90 Å². The number of hydrogen-bond acceptors (Lipinski definition) is 4. The van der Waals surface area contributed by atoms with E-state index < -0.39 is 30.6 Å². The monoisotopic (exact) mass is 280 g/mol. The Balaban J connectivity index is 2.86. The molecule has 6 nitrogen and oxygen atoms in total. The standard InChI is InChI=1S/C11H18F2N2O4/c1-2-3-6-19-10(18)15-5-4-14-7-11(15,8(12)13)9(16)17/h8,14H,2-7H2,1H3,(H,16,17). The number of unbranched alkanes of at least 4 members (excludes halogenated alkanes) is 1. The number of carboxylic acids is 1. The van der Waals surface area contributed by atoms with Gasteiger partial charge in [-0.2, -0.15) is 0 Å². The molecule has 1 amide bonds. The number of aliphatic carboxylic acids is 1. The molecule has 0 spiro atoms. The third-order valence-corrected chi connectivity index (χ3v) is 3.06. The van der Waals surface area contributed by atoms with E-state index in [1.54, 1.807) is 0 Å². The fourth-order valence-electron chi connectivity index (χ4n) is 1.88. The van der Waals surface area contributed by atoms with Gasteiger partial charge in [0, 0.05) is 19.6 Å². The van der Waals surface area contributed by atoms with E-state index in [0.717, 1.165) is 6.42 Å². The normalized spacial score (nSPS) is 23.5. The molecule has 1 aliphatic heterocycles. The van der Waals surface area contributed by atoms with Gasteiger partial charge in [-0.25, -0.2) is 18.4 Å². The third kappa shape index (κ3) is 3.12. The van der Waals surface area contributed by atoms with Crippen LogP contribution < -0.4 is 5.32 Å². The van der Waals surface area contributed by atoms with E-state index in [-0.39, 0.29) is 19.7 Å². The molecule has 0 bridgehead atoms. The van der Waals surface area contributed by atoms with Crippen LogP contribution in [-0.4, -0.2) is 60.3 Å². The molecule has 0 aromatic carbocycles. The Kier molecular flexibility index (Phi) is 5.46. The highest BCUT2D eigenvalue weighted by molar-refractivity contribution is 5.85. The van der Waals surface area contributed by atoms with Crippen LogP contribution in [0, 0.1) is 0 Å². The number of piperazine rings is 1. The van der Waals surface area contributed by atoms with Crippen LogP contribution in [0.4, 0.5) is 13.6 Å². The summed E-state index contributed by atoms with van der Waals surface area (Å²) in [6.45, 7) is 1.62. The van der Waals surface area contributed by atoms with Gasteiger partial charge in [0.2, 0.25) is 5.54 Å². The second-order valence-corrected chi connectivity index (χ2v) is 4.33. The van der Waals surface area contributed by atoms with Gasteiger partial charge in [-0.15, -0.1) is 0 Å². The Hall–Kier alpha value is -1.44. The number of alkyl halides is 2. The average molecular weight is 280 g/mol. The lowest BCUT2D eigenvalue weighted by Gasteiger charge is -2.42. The zero-order chi connectivity index (χ0) is 14.5. The summed E-state index contributed by atoms with van der Waals surface area (Å²) in [7, 11) is 0. The molecule has 1 rings (SSSR count). The van der Waals surface area contributed by atoms with Crippen molar-refractivity contribution in [3.8, 4) is 0 Å². The van der Waals surface area contributed by atoms with E-state index in [1.807, 2.05) is 6.92 Å². The minimum Gasteiger partial charge on any atom is -0.479 e. The van der Waals surface area contributed by atoms with Gasteiger partial charge in [0.25, 0.3) is 6.43 Å². The van der Waals surface area contributed by atoms with Crippen molar-refractivity contribution in [3.05, 3.63) is 0 Å². The predicted molar refractivity (Wildman–Crippen MR) is 62.2 cm³/mol. The first-order valence-electron chi connectivity index (χ1n) is 6.13. The van der Waals surface area contributed by atoms with E-state index in [9.17, 15) is 18.4 Å². The Labute approximate surface area is 109 Å². The summed E-state index contributed by atoms with van der Waals surface area (Å²) in [5.41, 5.74) is -2.55. The van der Waals surface area contributed by atoms with E-state index in [1.165, 1.54) is 0 Å². The van der Waals surface area contributed by atoms with Crippen molar-refractivity contribution in [2.24, 2.45) is 0 Å². The number of ether oxygens (including phenoxy) is 1. The van der Waals surface area contributed by atoms with Crippen LogP contribution in [0.25, 0.3) is 0 Å². The number of carbonyl (C=O) groups excluding carboxylic acids is 1. The van der Waals surface area contributed by atoms with Crippen molar-refractivity contribution in [1.29, 1.82) is 0 Å². The van der Waals surface area contributed by atoms with Crippen LogP contribution in [-0.2, 0) is 9.53 Å². The first kappa shape index (κ1) is 15.6. The molecule has 0 radical (unpaired) electrons. The molecular formula is C11H18F2N2O4. The van der Waals surface area contributed by atoms with Gasteiger partial charge in [0.05, 0.1) is 6.61 Å². The second-order valence-electron chi connectivity index (χ2n) is 4.33. The topological polar surface area (TPSA) is 78.9 Å². The first-order valence-corrected chi connectivity index (χ1v) is 6.13. The molecule has 2 N–H and O–H groups in total. The maximum Gasteiger partial charge on any atom is 0.410 e. The summed E-state index contributed by atoms with van der Waals surface area (Å²) < 4.78 is 31.1. The van der Waals surface area contributed by atoms with Gasteiger partial charge in [-0.05, 0) is 6.42 Å². The van der Waals surface area contributed by atoms with Crippen LogP contribution in [0.15, 0.2) is 0 Å². The summed E-state index contributed by atoms with van der Waals surface area (Å²) >= 11 is 0. The summed E-state index contributed by atoms with van der Waals surface area (Å²) in [6, 6.07) is 0. The number of rotatable bonds is 5. The molecule has 0 saturated carbocycles. The molecule has 8 heteroatoms. The maximum atomic E-state index is 13.2. The van der Waals surface area contributed by atoms with Crippen LogP contribution >= 0.6 is 0 Å². The number of carbonyl (C=O) groups is 2. The summed E-state index contributed by atoms with van der Waals surface area (Å²) in [5, 5.41) is 11.7. The number of nitrogens with one attached hydrogen (secondary N) is 1. The summed E-state index contributed by atoms with van der Waals surface area (Å²) in [5.74, 6) is -1.73. The third-order valence-electron chi connectivity index (χ3n) is 3.06. The van der Waals surface area contributed by atoms with Gasteiger partial charge < -0.3 is 15.2 Å². The zero-order valence-electron chi connectivity index (χ0n) is 10.7. The average Bonchev–Trinajstić information content (AvgIpc) is 2.38. The Morgan fingerprint density at radius 1 is 1.53 bits per heavy atom. The highest BCUT2D eigenvalue weighted by atomic mass is 19.3. The second kappa shape index (κ2) is 6.65. The van der Waals surface area contributed by atoms with Crippen LogP contribution in [0.2, 0.25) is 0 Å². The van der Waals surface area contributed by atoms with Crippen molar-refractivity contribution in [2.45, 2.75) is 31.7 Å². The molecule has 1 unspecified atom stereocenters. The fraction of sp³-hybridized carbons (Fsp3) is 0.818.